The van der Waals surface area contributed by atoms with Gasteiger partial charge in [-0.25, -0.2) is 9.97 Å². The Balaban J connectivity index is 0.000000328. The van der Waals surface area contributed by atoms with Gasteiger partial charge in [-0.3, -0.25) is 60.7 Å². The SMILES string of the molecule is Cc1cccc[nH+]1.Cc1cccc[nH+]1.O=[N+]([O-])c1cc([N+](=O)[O-])c([O-])c([N+](=O)[O-])c1.O=[N+]([O-])c1cc([N+](=O)[O-])c([O-])c([N+](=O)[O-])c1. The minimum Gasteiger partial charge on any atom is -0.863 e. The lowest BCUT2D eigenvalue weighted by Crippen LogP contribution is -2.04. The molecule has 2 N–H and O–H groups in total. The molecule has 2 aromatic carbocycles. The quantitative estimate of drug-likeness (QED) is 0.215. The van der Waals surface area contributed by atoms with Gasteiger partial charge in [-0.1, -0.05) is 12.1 Å². The number of rotatable bonds is 6. The number of nitro groups is 6. The van der Waals surface area contributed by atoms with Crippen LogP contribution in [0.15, 0.2) is 73.1 Å². The van der Waals surface area contributed by atoms with E-state index in [0.717, 1.165) is 0 Å². The van der Waals surface area contributed by atoms with E-state index in [1.54, 1.807) is 0 Å². The molecule has 0 amide bonds. The van der Waals surface area contributed by atoms with Crippen molar-refractivity contribution in [3.63, 3.8) is 0 Å². The van der Waals surface area contributed by atoms with Crippen LogP contribution >= 0.6 is 0 Å². The van der Waals surface area contributed by atoms with E-state index in [1.807, 2.05) is 62.6 Å². The van der Waals surface area contributed by atoms with Gasteiger partial charge in [-0.05, 0) is 0 Å². The molecule has 22 heteroatoms. The molecule has 0 aliphatic heterocycles. The highest BCUT2D eigenvalue weighted by Gasteiger charge is 2.25. The molecule has 0 unspecified atom stereocenters. The third-order valence-electron chi connectivity index (χ3n) is 5.01. The van der Waals surface area contributed by atoms with Crippen LogP contribution in [0.1, 0.15) is 11.4 Å². The summed E-state index contributed by atoms with van der Waals surface area (Å²) in [5.41, 5.74) is -4.13. The predicted octanol–water partition coefficient (Wildman–Crippen LogP) is 2.59. The monoisotopic (exact) mass is 644 g/mol. The second-order valence-electron chi connectivity index (χ2n) is 8.26. The Morgan fingerprint density at radius 3 is 0.848 bits per heavy atom. The summed E-state index contributed by atoms with van der Waals surface area (Å²) < 4.78 is 0. The third-order valence-corrected chi connectivity index (χ3v) is 5.01. The molecule has 0 atom stereocenters. The van der Waals surface area contributed by atoms with E-state index in [2.05, 4.69) is 9.97 Å². The summed E-state index contributed by atoms with van der Waals surface area (Å²) in [6.07, 6.45) is 3.82. The number of nitro benzene ring substituents is 6. The number of aromatic nitrogens is 2. The van der Waals surface area contributed by atoms with Crippen molar-refractivity contribution in [2.75, 3.05) is 0 Å². The summed E-state index contributed by atoms with van der Waals surface area (Å²) in [4.78, 5) is 61.1. The highest BCUT2D eigenvalue weighted by atomic mass is 16.7. The molecule has 0 aliphatic rings. The molecule has 0 radical (unpaired) electrons. The fourth-order valence-corrected chi connectivity index (χ4v) is 2.89. The fraction of sp³-hybridized carbons (Fsp3) is 0.0833. The van der Waals surface area contributed by atoms with Crippen molar-refractivity contribution in [3.8, 4) is 11.5 Å². The van der Waals surface area contributed by atoms with Gasteiger partial charge in [0.25, 0.3) is 34.1 Å². The molecular weight excluding hydrogens is 624 g/mol. The maximum absolute atomic E-state index is 11.1. The molecule has 22 nitrogen and oxygen atoms in total. The van der Waals surface area contributed by atoms with Gasteiger partial charge in [-0.2, -0.15) is 0 Å². The predicted molar refractivity (Wildman–Crippen MR) is 147 cm³/mol. The second kappa shape index (κ2) is 17.0. The summed E-state index contributed by atoms with van der Waals surface area (Å²) in [6.45, 7) is 4.06. The van der Waals surface area contributed by atoms with Crippen molar-refractivity contribution >= 4 is 34.1 Å². The topological polar surface area (TPSA) is 333 Å². The average Bonchev–Trinajstić information content (AvgIpc) is 2.98. The zero-order chi connectivity index (χ0) is 35.1. The third kappa shape index (κ3) is 11.2. The molecule has 0 fully saturated rings. The van der Waals surface area contributed by atoms with Crippen LogP contribution in [0.3, 0.4) is 0 Å². The fourth-order valence-electron chi connectivity index (χ4n) is 2.89. The van der Waals surface area contributed by atoms with Crippen molar-refractivity contribution in [1.29, 1.82) is 0 Å². The lowest BCUT2D eigenvalue weighted by atomic mass is 10.2. The molecule has 2 aromatic heterocycles. The molecule has 240 valence electrons. The van der Waals surface area contributed by atoms with Gasteiger partial charge >= 0.3 is 0 Å². The molecular formula is C24H20N8O14. The van der Waals surface area contributed by atoms with Gasteiger partial charge < -0.3 is 10.2 Å². The normalized spacial score (nSPS) is 9.43. The van der Waals surface area contributed by atoms with Gasteiger partial charge in [0.15, 0.2) is 23.8 Å². The van der Waals surface area contributed by atoms with E-state index in [1.165, 1.54) is 11.4 Å². The van der Waals surface area contributed by atoms with Crippen molar-refractivity contribution in [2.45, 2.75) is 13.8 Å². The Kier molecular flexibility index (Phi) is 13.6. The summed E-state index contributed by atoms with van der Waals surface area (Å²) in [5, 5.41) is 84.2. The van der Waals surface area contributed by atoms with Gasteiger partial charge in [0.2, 0.25) is 0 Å². The Morgan fingerprint density at radius 2 is 0.717 bits per heavy atom. The van der Waals surface area contributed by atoms with Crippen molar-refractivity contribution in [2.24, 2.45) is 0 Å². The van der Waals surface area contributed by atoms with Crippen LogP contribution in [-0.4, -0.2) is 29.5 Å². The van der Waals surface area contributed by atoms with Crippen molar-refractivity contribution < 1.29 is 49.7 Å². The Labute approximate surface area is 254 Å². The average molecular weight is 644 g/mol. The highest BCUT2D eigenvalue weighted by molar-refractivity contribution is 5.64. The van der Waals surface area contributed by atoms with E-state index in [9.17, 15) is 70.9 Å². The zero-order valence-electron chi connectivity index (χ0n) is 23.3. The van der Waals surface area contributed by atoms with Crippen molar-refractivity contribution in [3.05, 3.63) is 145 Å². The smallest absolute Gasteiger partial charge is 0.283 e. The molecule has 0 bridgehead atoms. The minimum atomic E-state index is -1.46. The van der Waals surface area contributed by atoms with Crippen LogP contribution in [0.5, 0.6) is 11.5 Å². The molecule has 0 aliphatic carbocycles. The minimum absolute atomic E-state index is 0.384. The van der Waals surface area contributed by atoms with Crippen LogP contribution in [0, 0.1) is 74.5 Å². The van der Waals surface area contributed by atoms with Gasteiger partial charge in [0.05, 0.1) is 65.3 Å². The summed E-state index contributed by atoms with van der Waals surface area (Å²) >= 11 is 0. The first-order valence-electron chi connectivity index (χ1n) is 11.9. The standard InChI is InChI=1S/2C6H3N3O7.2C6H7N/c2*10-6-4(8(13)14)1-3(7(11)12)2-5(6)9(15)16;2*1-6-4-2-3-5-7-6/h2*1-2,10H;2*2-5H,1H3. The van der Waals surface area contributed by atoms with Crippen molar-refractivity contribution in [1.82, 2.24) is 0 Å². The van der Waals surface area contributed by atoms with E-state index >= 15 is 0 Å². The number of aromatic amines is 2. The van der Waals surface area contributed by atoms with Crippen LogP contribution in [0.2, 0.25) is 0 Å². The van der Waals surface area contributed by atoms with E-state index in [0.29, 0.717) is 24.3 Å². The maximum Gasteiger partial charge on any atom is 0.283 e. The maximum atomic E-state index is 11.1. The zero-order valence-corrected chi connectivity index (χ0v) is 23.3. The number of benzene rings is 2. The first-order chi connectivity index (χ1) is 21.5. The van der Waals surface area contributed by atoms with Gasteiger partial charge in [-0.15, -0.1) is 0 Å². The van der Waals surface area contributed by atoms with E-state index in [4.69, 9.17) is 0 Å². The summed E-state index contributed by atoms with van der Waals surface area (Å²) in [7, 11) is 0. The molecule has 0 saturated carbocycles. The molecule has 2 heterocycles. The highest BCUT2D eigenvalue weighted by Crippen LogP contribution is 2.37. The number of hydrogen-bond acceptors (Lipinski definition) is 14. The molecule has 4 aromatic rings. The Hall–Kier alpha value is -7.26. The molecule has 0 spiro atoms. The lowest BCUT2D eigenvalue weighted by Gasteiger charge is -2.06. The Bertz CT molecular complexity index is 1560. The Morgan fingerprint density at radius 1 is 0.457 bits per heavy atom. The summed E-state index contributed by atoms with van der Waals surface area (Å²) in [6, 6.07) is 13.5. The molecule has 4 rings (SSSR count). The lowest BCUT2D eigenvalue weighted by molar-refractivity contribution is -0.420. The molecule has 46 heavy (non-hydrogen) atoms. The number of hydrogen-bond donors (Lipinski definition) is 0. The van der Waals surface area contributed by atoms with Crippen LogP contribution in [-0.2, 0) is 0 Å². The number of nitrogens with one attached hydrogen (secondary N) is 2. The number of nitrogens with zero attached hydrogens (tertiary/aromatic N) is 6. The number of pyridine rings is 2. The number of H-pyrrole nitrogens is 2. The van der Waals surface area contributed by atoms with E-state index in [-0.39, 0.29) is 0 Å². The van der Waals surface area contributed by atoms with Gasteiger partial charge in [0.1, 0.15) is 0 Å². The van der Waals surface area contributed by atoms with E-state index < -0.39 is 75.2 Å². The second-order valence-corrected chi connectivity index (χ2v) is 8.26. The van der Waals surface area contributed by atoms with Crippen LogP contribution in [0.4, 0.5) is 34.1 Å². The first kappa shape index (κ1) is 36.8. The first-order valence-corrected chi connectivity index (χ1v) is 11.9. The summed E-state index contributed by atoms with van der Waals surface area (Å²) in [5.74, 6) is -2.92. The number of non-ortho nitro benzene ring substituents is 2. The van der Waals surface area contributed by atoms with Gasteiger partial charge in [0, 0.05) is 38.1 Å². The number of aryl methyl sites for hydroxylation is 2. The largest absolute Gasteiger partial charge is 0.863 e. The van der Waals surface area contributed by atoms with Crippen LogP contribution in [0.25, 0.3) is 0 Å². The molecule has 0 saturated heterocycles. The van der Waals surface area contributed by atoms with Crippen LogP contribution < -0.4 is 20.2 Å².